The Bertz CT molecular complexity index is 2730. The molecule has 0 bridgehead atoms. The van der Waals surface area contributed by atoms with Crippen LogP contribution in [0.4, 0.5) is 4.39 Å². The largest absolute Gasteiger partial charge is 0.496 e. The molecule has 2 atom stereocenters. The molecule has 4 amide bonds. The number of carbonyl (C=O) groups excluding carboxylic acids is 4. The van der Waals surface area contributed by atoms with E-state index in [0.717, 1.165) is 11.3 Å². The van der Waals surface area contributed by atoms with Gasteiger partial charge in [-0.25, -0.2) is 13.8 Å². The summed E-state index contributed by atoms with van der Waals surface area (Å²) in [5, 5.41) is 37.2. The Balaban J connectivity index is 0.000000281. The lowest BCUT2D eigenvalue weighted by Gasteiger charge is -2.19. The van der Waals surface area contributed by atoms with Crippen LogP contribution in [0.2, 0.25) is 0 Å². The standard InChI is InChI=1S/C28H34N4O6.C27H31FN4O6/c1-17(2)13-19(14-25(33)29-16-26(34)35)30-28(36)21-15-22(27-23(37-4)7-6-8-24(27)38-5)32(31-21)20-11-9-18(3)10-12-20;1-16(2)12-18(13-24(33)29-15-25(34)35)30-27(36)20-14-21(26-22(37-3)6-5-7-23(26)38-4)32(31-20)19-10-8-17(28)9-11-19/h6-12,15,17,19H,13-14,16H2,1-5H3,(H,29,33)(H,30,36)(H,34,35);5-11,14,16,18H,12-13,15H2,1-4H3,(H,29,33)(H,30,36)(H,34,35)/t19-;18-/m00/s1. The van der Waals surface area contributed by atoms with E-state index in [4.69, 9.17) is 29.2 Å². The highest BCUT2D eigenvalue weighted by Gasteiger charge is 2.27. The molecular weight excluding hydrogens is 984 g/mol. The Morgan fingerprint density at radius 2 is 0.895 bits per heavy atom. The number of aryl methyl sites for hydroxylation is 1. The van der Waals surface area contributed by atoms with Gasteiger partial charge in [-0.3, -0.25) is 28.8 Å². The number of halogens is 1. The summed E-state index contributed by atoms with van der Waals surface area (Å²) in [5.74, 6) is -2.25. The van der Waals surface area contributed by atoms with E-state index in [0.29, 0.717) is 64.0 Å². The number of amides is 4. The van der Waals surface area contributed by atoms with E-state index >= 15 is 0 Å². The van der Waals surface area contributed by atoms with Gasteiger partial charge in [-0.05, 0) is 104 Å². The highest BCUT2D eigenvalue weighted by Crippen LogP contribution is 2.41. The highest BCUT2D eigenvalue weighted by atomic mass is 19.1. The van der Waals surface area contributed by atoms with E-state index in [1.165, 1.54) is 43.2 Å². The molecule has 0 unspecified atom stereocenters. The van der Waals surface area contributed by atoms with Gasteiger partial charge < -0.3 is 50.4 Å². The van der Waals surface area contributed by atoms with Crippen molar-refractivity contribution >= 4 is 35.6 Å². The van der Waals surface area contributed by atoms with Crippen LogP contribution in [0.5, 0.6) is 23.0 Å². The topological polar surface area (TPSA) is 264 Å². The number of carbonyl (C=O) groups is 6. The SMILES string of the molecule is COc1cccc(OC)c1-c1cc(C(=O)N[C@H](CC(=O)NCC(=O)O)CC(C)C)nn1-c1ccc(C)cc1.COc1cccc(OC)c1-c1cc(C(=O)N[C@H](CC(=O)NCC(=O)O)CC(C)C)nn1-c1ccc(F)cc1. The van der Waals surface area contributed by atoms with E-state index in [1.54, 1.807) is 61.4 Å². The van der Waals surface area contributed by atoms with Crippen LogP contribution in [-0.4, -0.2) is 119 Å². The van der Waals surface area contributed by atoms with Crippen LogP contribution in [0.3, 0.4) is 0 Å². The third-order valence-corrected chi connectivity index (χ3v) is 11.5. The average molecular weight is 1050 g/mol. The second-order valence-corrected chi connectivity index (χ2v) is 18.4. The minimum Gasteiger partial charge on any atom is -0.496 e. The number of methoxy groups -OCH3 is 4. The fourth-order valence-electron chi connectivity index (χ4n) is 8.19. The zero-order chi connectivity index (χ0) is 55.6. The Morgan fingerprint density at radius 1 is 0.553 bits per heavy atom. The van der Waals surface area contributed by atoms with E-state index in [-0.39, 0.29) is 36.1 Å². The van der Waals surface area contributed by atoms with Crippen molar-refractivity contribution in [2.24, 2.45) is 11.8 Å². The van der Waals surface area contributed by atoms with Crippen LogP contribution in [0.1, 0.15) is 79.9 Å². The molecule has 6 rings (SSSR count). The number of nitrogens with zero attached hydrogens (tertiary/aromatic N) is 4. The lowest BCUT2D eigenvalue weighted by atomic mass is 10.0. The molecular formula is C55H65FN8O12. The third kappa shape index (κ3) is 16.1. The number of aliphatic carboxylic acids is 2. The third-order valence-electron chi connectivity index (χ3n) is 11.5. The van der Waals surface area contributed by atoms with Crippen LogP contribution in [0, 0.1) is 24.6 Å². The van der Waals surface area contributed by atoms with Gasteiger partial charge in [0, 0.05) is 24.9 Å². The quantitative estimate of drug-likeness (QED) is 0.0356. The van der Waals surface area contributed by atoms with Crippen molar-refractivity contribution in [1.82, 2.24) is 40.8 Å². The Kier molecular flexibility index (Phi) is 21.0. The van der Waals surface area contributed by atoms with Crippen molar-refractivity contribution in [1.29, 1.82) is 0 Å². The van der Waals surface area contributed by atoms with Gasteiger partial charge in [-0.1, -0.05) is 57.5 Å². The van der Waals surface area contributed by atoms with Crippen LogP contribution in [0.15, 0.2) is 97.1 Å². The second kappa shape index (κ2) is 27.5. The van der Waals surface area contributed by atoms with E-state index < -0.39 is 66.6 Å². The minimum atomic E-state index is -1.16. The molecule has 76 heavy (non-hydrogen) atoms. The summed E-state index contributed by atoms with van der Waals surface area (Å²) >= 11 is 0. The minimum absolute atomic E-state index is 0.0525. The number of rotatable bonds is 24. The molecule has 2 aromatic heterocycles. The first-order valence-electron chi connectivity index (χ1n) is 24.3. The van der Waals surface area contributed by atoms with Gasteiger partial charge in [0.15, 0.2) is 11.4 Å². The summed E-state index contributed by atoms with van der Waals surface area (Å²) in [7, 11) is 6.14. The van der Waals surface area contributed by atoms with Gasteiger partial charge >= 0.3 is 11.9 Å². The summed E-state index contributed by atoms with van der Waals surface area (Å²) in [5.41, 5.74) is 4.75. The van der Waals surface area contributed by atoms with Crippen LogP contribution in [0.25, 0.3) is 33.9 Å². The molecule has 0 aliphatic carbocycles. The Hall–Kier alpha value is -8.75. The van der Waals surface area contributed by atoms with Crippen molar-refractivity contribution in [2.75, 3.05) is 41.5 Å². The second-order valence-electron chi connectivity index (χ2n) is 18.4. The number of carboxylic acid groups (broad SMARTS) is 2. The number of benzene rings is 4. The normalized spacial score (nSPS) is 11.6. The fourth-order valence-corrected chi connectivity index (χ4v) is 8.19. The first-order chi connectivity index (χ1) is 36.2. The van der Waals surface area contributed by atoms with E-state index in [2.05, 4.69) is 31.5 Å². The number of carboxylic acids is 2. The predicted octanol–water partition coefficient (Wildman–Crippen LogP) is 7.03. The zero-order valence-electron chi connectivity index (χ0n) is 43.9. The molecule has 0 saturated heterocycles. The molecule has 0 saturated carbocycles. The molecule has 21 heteroatoms. The van der Waals surface area contributed by atoms with Gasteiger partial charge in [0.1, 0.15) is 41.9 Å². The molecule has 20 nitrogen and oxygen atoms in total. The molecule has 0 radical (unpaired) electrons. The molecule has 0 fully saturated rings. The van der Waals surface area contributed by atoms with Crippen molar-refractivity contribution in [3.63, 3.8) is 0 Å². The number of hydrogen-bond acceptors (Lipinski definition) is 12. The van der Waals surface area contributed by atoms with Crippen LogP contribution < -0.4 is 40.2 Å². The van der Waals surface area contributed by atoms with Crippen molar-refractivity contribution < 1.29 is 62.3 Å². The molecule has 2 heterocycles. The van der Waals surface area contributed by atoms with E-state index in [1.807, 2.05) is 65.0 Å². The molecule has 6 N–H and O–H groups in total. The Morgan fingerprint density at radius 3 is 1.21 bits per heavy atom. The smallest absolute Gasteiger partial charge is 0.322 e. The number of aromatic nitrogens is 4. The lowest BCUT2D eigenvalue weighted by Crippen LogP contribution is -2.41. The van der Waals surface area contributed by atoms with Crippen molar-refractivity contribution in [2.45, 2.75) is 72.4 Å². The lowest BCUT2D eigenvalue weighted by molar-refractivity contribution is -0.138. The summed E-state index contributed by atoms with van der Waals surface area (Å²) in [6.45, 7) is 8.85. The molecule has 0 aliphatic heterocycles. The van der Waals surface area contributed by atoms with Crippen molar-refractivity contribution in [3.8, 4) is 56.9 Å². The fraction of sp³-hybridized carbons (Fsp3) is 0.345. The number of ether oxygens (including phenoxy) is 4. The monoisotopic (exact) mass is 1050 g/mol. The highest BCUT2D eigenvalue weighted by molar-refractivity contribution is 5.96. The molecule has 404 valence electrons. The first kappa shape index (κ1) is 58.1. The molecule has 6 aromatic rings. The van der Waals surface area contributed by atoms with Crippen molar-refractivity contribution in [3.05, 3.63) is 120 Å². The number of hydrogen-bond donors (Lipinski definition) is 6. The van der Waals surface area contributed by atoms with Gasteiger partial charge in [0.2, 0.25) is 11.8 Å². The maximum atomic E-state index is 13.6. The maximum absolute atomic E-state index is 13.6. The van der Waals surface area contributed by atoms with Gasteiger partial charge in [-0.15, -0.1) is 0 Å². The average Bonchev–Trinajstić information content (AvgIpc) is 4.03. The molecule has 0 aliphatic rings. The van der Waals surface area contributed by atoms with Gasteiger partial charge in [0.25, 0.3) is 11.8 Å². The predicted molar refractivity (Wildman–Crippen MR) is 281 cm³/mol. The molecule has 4 aromatic carbocycles. The van der Waals surface area contributed by atoms with Gasteiger partial charge in [0.05, 0.1) is 62.3 Å². The zero-order valence-corrected chi connectivity index (χ0v) is 43.9. The van der Waals surface area contributed by atoms with Crippen LogP contribution >= 0.6 is 0 Å². The summed E-state index contributed by atoms with van der Waals surface area (Å²) < 4.78 is 39.1. The number of nitrogens with one attached hydrogen (secondary N) is 4. The summed E-state index contributed by atoms with van der Waals surface area (Å²) in [4.78, 5) is 72.8. The Labute approximate surface area is 439 Å². The van der Waals surface area contributed by atoms with Gasteiger partial charge in [-0.2, -0.15) is 10.2 Å². The first-order valence-corrected chi connectivity index (χ1v) is 24.3. The molecule has 0 spiro atoms. The maximum Gasteiger partial charge on any atom is 0.322 e. The summed E-state index contributed by atoms with van der Waals surface area (Å²) in [6, 6.07) is 26.2. The summed E-state index contributed by atoms with van der Waals surface area (Å²) in [6.07, 6.45) is 0.863. The van der Waals surface area contributed by atoms with E-state index in [9.17, 15) is 33.2 Å². The van der Waals surface area contributed by atoms with Crippen LogP contribution in [-0.2, 0) is 19.2 Å².